The first-order chi connectivity index (χ1) is 2.89. The van der Waals surface area contributed by atoms with Crippen LogP contribution in [0.2, 0.25) is 0 Å². The van der Waals surface area contributed by atoms with E-state index in [4.69, 9.17) is 0 Å². The number of azo groups is 1. The molecule has 0 spiro atoms. The van der Waals surface area contributed by atoms with Gasteiger partial charge in [-0.05, 0) is 6.08 Å². The highest BCUT2D eigenvalue weighted by atomic mass is 15.1. The van der Waals surface area contributed by atoms with Gasteiger partial charge in [0.2, 0.25) is 0 Å². The molecule has 0 aromatic heterocycles. The fraction of sp³-hybridized carbons (Fsp3) is 0. The van der Waals surface area contributed by atoms with E-state index in [1.165, 1.54) is 0 Å². The van der Waals surface area contributed by atoms with E-state index in [0.29, 0.717) is 0 Å². The summed E-state index contributed by atoms with van der Waals surface area (Å²) < 4.78 is 0. The molecule has 0 atom stereocenters. The Morgan fingerprint density at radius 2 is 2.50 bits per heavy atom. The quantitative estimate of drug-likeness (QED) is 0.421. The molecule has 0 aromatic rings. The summed E-state index contributed by atoms with van der Waals surface area (Å²) in [6, 6.07) is 0. The Morgan fingerprint density at radius 1 is 1.67 bits per heavy atom. The van der Waals surface area contributed by atoms with Crippen LogP contribution in [0, 0.1) is 0 Å². The summed E-state index contributed by atoms with van der Waals surface area (Å²) in [5.74, 6) is 0. The molecule has 6 heavy (non-hydrogen) atoms. The van der Waals surface area contributed by atoms with E-state index in [2.05, 4.69) is 16.8 Å². The minimum absolute atomic E-state index is 0.731. The van der Waals surface area contributed by atoms with Gasteiger partial charge < -0.3 is 0 Å². The molecule has 0 bridgehead atoms. The molecular formula is C4H4N2. The van der Waals surface area contributed by atoms with E-state index in [1.54, 1.807) is 12.3 Å². The second-order valence-corrected chi connectivity index (χ2v) is 1.02. The van der Waals surface area contributed by atoms with Gasteiger partial charge in [0.1, 0.15) is 0 Å². The molecule has 1 aliphatic rings. The lowest BCUT2D eigenvalue weighted by molar-refractivity contribution is 1.24. The first kappa shape index (κ1) is 3.28. The molecule has 1 rings (SSSR count). The van der Waals surface area contributed by atoms with E-state index in [9.17, 15) is 0 Å². The van der Waals surface area contributed by atoms with E-state index in [1.807, 2.05) is 0 Å². The number of allylic oxidation sites excluding steroid dienone is 1. The molecule has 30 valence electrons. The number of nitrogens with zero attached hydrogens (tertiary/aromatic N) is 2. The maximum Gasteiger partial charge on any atom is 0.0801 e. The predicted octanol–water partition coefficient (Wildman–Crippen LogP) is 1.48. The van der Waals surface area contributed by atoms with Gasteiger partial charge in [-0.25, -0.2) is 0 Å². The zero-order valence-corrected chi connectivity index (χ0v) is 3.26. The van der Waals surface area contributed by atoms with Crippen molar-refractivity contribution in [3.05, 3.63) is 24.6 Å². The Balaban J connectivity index is 2.86. The molecule has 2 heteroatoms. The first-order valence-corrected chi connectivity index (χ1v) is 1.66. The maximum absolute atomic E-state index is 3.56. The van der Waals surface area contributed by atoms with Gasteiger partial charge in [-0.3, -0.25) is 0 Å². The van der Waals surface area contributed by atoms with Crippen molar-refractivity contribution in [1.29, 1.82) is 0 Å². The van der Waals surface area contributed by atoms with Crippen molar-refractivity contribution in [3.63, 3.8) is 0 Å². The number of hydrogen-bond acceptors (Lipinski definition) is 2. The summed E-state index contributed by atoms with van der Waals surface area (Å²) >= 11 is 0. The van der Waals surface area contributed by atoms with Gasteiger partial charge in [0.05, 0.1) is 11.9 Å². The Labute approximate surface area is 35.9 Å². The maximum atomic E-state index is 3.56. The van der Waals surface area contributed by atoms with Crippen molar-refractivity contribution >= 4 is 0 Å². The van der Waals surface area contributed by atoms with Crippen LogP contribution in [0.4, 0.5) is 0 Å². The van der Waals surface area contributed by atoms with Gasteiger partial charge in [0, 0.05) is 0 Å². The zero-order chi connectivity index (χ0) is 4.41. The Bertz CT molecular complexity index is 108. The smallest absolute Gasteiger partial charge is 0.0801 e. The van der Waals surface area contributed by atoms with Crippen LogP contribution in [0.3, 0.4) is 0 Å². The van der Waals surface area contributed by atoms with E-state index >= 15 is 0 Å². The molecule has 2 nitrogen and oxygen atoms in total. The highest BCUT2D eigenvalue weighted by molar-refractivity contribution is 5.14. The summed E-state index contributed by atoms with van der Waals surface area (Å²) in [6.07, 6.45) is 3.36. The van der Waals surface area contributed by atoms with E-state index in [-0.39, 0.29) is 0 Å². The Kier molecular flexibility index (Phi) is 0.572. The highest BCUT2D eigenvalue weighted by Gasteiger charge is 1.83. The van der Waals surface area contributed by atoms with Crippen molar-refractivity contribution in [1.82, 2.24) is 0 Å². The zero-order valence-electron chi connectivity index (χ0n) is 3.26. The average Bonchev–Trinajstić information content (AvgIpc) is 1.86. The fourth-order valence-electron chi connectivity index (χ4n) is 0.260. The van der Waals surface area contributed by atoms with Crippen molar-refractivity contribution in [2.75, 3.05) is 0 Å². The third-order valence-electron chi connectivity index (χ3n) is 0.520. The largest absolute Gasteiger partial charge is 0.159 e. The highest BCUT2D eigenvalue weighted by Crippen LogP contribution is 2.02. The van der Waals surface area contributed by atoms with Gasteiger partial charge in [0.25, 0.3) is 0 Å². The average molecular weight is 80.1 g/mol. The van der Waals surface area contributed by atoms with Crippen molar-refractivity contribution in [2.45, 2.75) is 0 Å². The molecule has 0 saturated carbocycles. The van der Waals surface area contributed by atoms with Crippen LogP contribution in [0.25, 0.3) is 0 Å². The molecule has 0 aliphatic carbocycles. The second kappa shape index (κ2) is 1.05. The van der Waals surface area contributed by atoms with Crippen molar-refractivity contribution in [3.8, 4) is 0 Å². The molecule has 1 aliphatic heterocycles. The van der Waals surface area contributed by atoms with Crippen LogP contribution in [-0.2, 0) is 0 Å². The molecule has 0 radical (unpaired) electrons. The van der Waals surface area contributed by atoms with Crippen LogP contribution < -0.4 is 0 Å². The van der Waals surface area contributed by atoms with E-state index in [0.717, 1.165) is 5.70 Å². The lowest BCUT2D eigenvalue weighted by Gasteiger charge is -1.67. The SMILES string of the molecule is C=C1C=CN=N1. The molecule has 0 N–H and O–H groups in total. The number of hydrogen-bond donors (Lipinski definition) is 0. The van der Waals surface area contributed by atoms with Crippen molar-refractivity contribution < 1.29 is 0 Å². The van der Waals surface area contributed by atoms with Crippen LogP contribution in [-0.4, -0.2) is 0 Å². The number of rotatable bonds is 0. The van der Waals surface area contributed by atoms with Gasteiger partial charge >= 0.3 is 0 Å². The fourth-order valence-corrected chi connectivity index (χ4v) is 0.260. The summed E-state index contributed by atoms with van der Waals surface area (Å²) in [5.41, 5.74) is 0.731. The predicted molar refractivity (Wildman–Crippen MR) is 23.1 cm³/mol. The molecule has 0 unspecified atom stereocenters. The van der Waals surface area contributed by atoms with Gasteiger partial charge in [-0.15, -0.1) is 0 Å². The Morgan fingerprint density at radius 3 is 2.67 bits per heavy atom. The topological polar surface area (TPSA) is 24.7 Å². The van der Waals surface area contributed by atoms with Gasteiger partial charge in [-0.1, -0.05) is 6.58 Å². The standard InChI is InChI=1S/C4H4N2/c1-4-2-3-5-6-4/h2-3H,1H2. The molecule has 0 fully saturated rings. The molecule has 1 heterocycles. The summed E-state index contributed by atoms with van der Waals surface area (Å²) in [4.78, 5) is 0. The van der Waals surface area contributed by atoms with Crippen LogP contribution in [0.1, 0.15) is 0 Å². The monoisotopic (exact) mass is 80.0 g/mol. The molecule has 0 amide bonds. The normalized spacial score (nSPS) is 17.0. The Hall–Kier alpha value is -0.920. The lowest BCUT2D eigenvalue weighted by atomic mass is 10.5. The molecule has 0 saturated heterocycles. The third kappa shape index (κ3) is 0.360. The second-order valence-electron chi connectivity index (χ2n) is 1.02. The van der Waals surface area contributed by atoms with Crippen LogP contribution in [0.5, 0.6) is 0 Å². The van der Waals surface area contributed by atoms with Crippen LogP contribution in [0.15, 0.2) is 34.8 Å². The first-order valence-electron chi connectivity index (χ1n) is 1.66. The molecule has 0 aromatic carbocycles. The van der Waals surface area contributed by atoms with Gasteiger partial charge in [0.15, 0.2) is 0 Å². The third-order valence-corrected chi connectivity index (χ3v) is 0.520. The minimum atomic E-state index is 0.731. The lowest BCUT2D eigenvalue weighted by Crippen LogP contribution is -1.50. The van der Waals surface area contributed by atoms with Crippen molar-refractivity contribution in [2.24, 2.45) is 10.2 Å². The van der Waals surface area contributed by atoms with Crippen LogP contribution >= 0.6 is 0 Å². The van der Waals surface area contributed by atoms with Gasteiger partial charge in [-0.2, -0.15) is 10.2 Å². The molecular weight excluding hydrogens is 76.1 g/mol. The summed E-state index contributed by atoms with van der Waals surface area (Å²) in [7, 11) is 0. The van der Waals surface area contributed by atoms with E-state index < -0.39 is 0 Å². The minimum Gasteiger partial charge on any atom is -0.159 e. The summed E-state index contributed by atoms with van der Waals surface area (Å²) in [5, 5.41) is 7.06. The summed E-state index contributed by atoms with van der Waals surface area (Å²) in [6.45, 7) is 3.51.